The molecule has 3 aromatic rings. The van der Waals surface area contributed by atoms with Gasteiger partial charge in [0, 0.05) is 25.7 Å². The van der Waals surface area contributed by atoms with Gasteiger partial charge in [-0.1, -0.05) is 84.1 Å². The first kappa shape index (κ1) is 26.4. The van der Waals surface area contributed by atoms with Gasteiger partial charge in [0.05, 0.1) is 4.91 Å². The van der Waals surface area contributed by atoms with Gasteiger partial charge >= 0.3 is 0 Å². The second-order valence-corrected chi connectivity index (χ2v) is 10.7. The van der Waals surface area contributed by atoms with Crippen molar-refractivity contribution >= 4 is 46.1 Å². The van der Waals surface area contributed by atoms with Crippen LogP contribution in [0.1, 0.15) is 39.8 Å². The highest BCUT2D eigenvalue weighted by atomic mass is 32.2. The number of nitrogens with one attached hydrogen (secondary N) is 1. The molecule has 1 aromatic heterocycles. The van der Waals surface area contributed by atoms with Crippen LogP contribution in [0.2, 0.25) is 0 Å². The predicted octanol–water partition coefficient (Wildman–Crippen LogP) is 5.32. The smallest absolute Gasteiger partial charge is 0.270 e. The van der Waals surface area contributed by atoms with Gasteiger partial charge in [0.15, 0.2) is 0 Å². The van der Waals surface area contributed by atoms with Crippen molar-refractivity contribution in [3.63, 3.8) is 0 Å². The summed E-state index contributed by atoms with van der Waals surface area (Å²) in [6.07, 6.45) is 3.41. The molecular weight excluding hydrogens is 500 g/mol. The van der Waals surface area contributed by atoms with Crippen molar-refractivity contribution in [3.05, 3.63) is 103 Å². The number of aromatic nitrogens is 1. The molecule has 4 rings (SSSR count). The summed E-state index contributed by atoms with van der Waals surface area (Å²) in [5, 5.41) is 13.0. The summed E-state index contributed by atoms with van der Waals surface area (Å²) in [5.74, 6) is 0.399. The molecule has 1 aliphatic rings. The van der Waals surface area contributed by atoms with Crippen LogP contribution < -0.4 is 10.9 Å². The molecule has 1 N–H and O–H groups in total. The molecule has 1 saturated heterocycles. The number of benzene rings is 2. The first-order valence-electron chi connectivity index (χ1n) is 12.0. The maximum Gasteiger partial charge on any atom is 0.270 e. The van der Waals surface area contributed by atoms with Crippen LogP contribution in [0.3, 0.4) is 0 Å². The number of carbonyl (C=O) groups excluding carboxylic acids is 1. The lowest BCUT2D eigenvalue weighted by Crippen LogP contribution is -2.29. The van der Waals surface area contributed by atoms with E-state index in [0.29, 0.717) is 39.3 Å². The minimum Gasteiger partial charge on any atom is -0.367 e. The molecule has 0 atom stereocenters. The molecule has 37 heavy (non-hydrogen) atoms. The number of thioether (sulfide) groups is 1. The number of hydrogen-bond donors (Lipinski definition) is 1. The van der Waals surface area contributed by atoms with Crippen LogP contribution in [-0.4, -0.2) is 26.2 Å². The van der Waals surface area contributed by atoms with Gasteiger partial charge in [-0.3, -0.25) is 19.1 Å². The number of carbonyl (C=O) groups is 1. The zero-order valence-corrected chi connectivity index (χ0v) is 22.7. The number of thiocarbonyl (C=S) groups is 1. The third kappa shape index (κ3) is 5.85. The van der Waals surface area contributed by atoms with Crippen LogP contribution in [0, 0.1) is 25.2 Å². The van der Waals surface area contributed by atoms with E-state index >= 15 is 0 Å². The van der Waals surface area contributed by atoms with Crippen LogP contribution >= 0.6 is 24.0 Å². The number of hydrogen-bond acceptors (Lipinski definition) is 6. The Labute approximate surface area is 226 Å². The fourth-order valence-electron chi connectivity index (χ4n) is 4.25. The fraction of sp³-hybridized carbons (Fsp3) is 0.241. The SMILES string of the molecule is Cc1ccc(CNc2c(/C=C3\SC(=S)N(CCCc4ccccc4)C3=O)c(C)c(C#N)c(=O)n2C)cc1. The summed E-state index contributed by atoms with van der Waals surface area (Å²) in [6.45, 7) is 4.79. The second kappa shape index (κ2) is 11.6. The maximum atomic E-state index is 13.3. The van der Waals surface area contributed by atoms with E-state index in [1.54, 1.807) is 24.9 Å². The number of anilines is 1. The molecule has 0 bridgehead atoms. The number of amides is 1. The van der Waals surface area contributed by atoms with Crippen molar-refractivity contribution in [1.29, 1.82) is 5.26 Å². The first-order chi connectivity index (χ1) is 17.8. The number of rotatable bonds is 8. The summed E-state index contributed by atoms with van der Waals surface area (Å²) in [4.78, 5) is 28.3. The summed E-state index contributed by atoms with van der Waals surface area (Å²) < 4.78 is 1.95. The van der Waals surface area contributed by atoms with Gasteiger partial charge in [-0.25, -0.2) is 0 Å². The van der Waals surface area contributed by atoms with Gasteiger partial charge in [-0.15, -0.1) is 0 Å². The molecule has 0 radical (unpaired) electrons. The maximum absolute atomic E-state index is 13.3. The summed E-state index contributed by atoms with van der Waals surface area (Å²) in [6, 6.07) is 20.3. The summed E-state index contributed by atoms with van der Waals surface area (Å²) in [5.41, 5.74) is 4.29. The average Bonchev–Trinajstić information content (AvgIpc) is 3.16. The van der Waals surface area contributed by atoms with E-state index in [-0.39, 0.29) is 17.0 Å². The number of pyridine rings is 1. The van der Waals surface area contributed by atoms with E-state index in [0.717, 1.165) is 24.0 Å². The van der Waals surface area contributed by atoms with Crippen molar-refractivity contribution in [2.24, 2.45) is 7.05 Å². The Kier molecular flexibility index (Phi) is 8.27. The van der Waals surface area contributed by atoms with Crippen molar-refractivity contribution < 1.29 is 4.79 Å². The van der Waals surface area contributed by atoms with E-state index in [1.165, 1.54) is 21.9 Å². The Bertz CT molecular complexity index is 1470. The van der Waals surface area contributed by atoms with Gasteiger partial charge in [0.1, 0.15) is 21.8 Å². The predicted molar refractivity (Wildman–Crippen MR) is 154 cm³/mol. The Morgan fingerprint density at radius 3 is 2.43 bits per heavy atom. The van der Waals surface area contributed by atoms with E-state index < -0.39 is 0 Å². The lowest BCUT2D eigenvalue weighted by Gasteiger charge is -2.18. The van der Waals surface area contributed by atoms with E-state index in [2.05, 4.69) is 17.4 Å². The molecule has 2 heterocycles. The second-order valence-electron chi connectivity index (χ2n) is 9.00. The lowest BCUT2D eigenvalue weighted by atomic mass is 10.0. The first-order valence-corrected chi connectivity index (χ1v) is 13.2. The molecule has 0 unspecified atom stereocenters. The summed E-state index contributed by atoms with van der Waals surface area (Å²) >= 11 is 6.78. The van der Waals surface area contributed by atoms with E-state index in [4.69, 9.17) is 12.2 Å². The topological polar surface area (TPSA) is 78.1 Å². The van der Waals surface area contributed by atoms with Gasteiger partial charge in [-0.2, -0.15) is 5.26 Å². The van der Waals surface area contributed by atoms with E-state index in [9.17, 15) is 14.9 Å². The molecular formula is C29H28N4O2S2. The largest absolute Gasteiger partial charge is 0.367 e. The minimum atomic E-state index is -0.378. The quantitative estimate of drug-likeness (QED) is 0.315. The van der Waals surface area contributed by atoms with Gasteiger partial charge < -0.3 is 5.32 Å². The Hall–Kier alpha value is -3.67. The molecule has 0 spiro atoms. The van der Waals surface area contributed by atoms with E-state index in [1.807, 2.05) is 55.5 Å². The molecule has 0 aliphatic carbocycles. The lowest BCUT2D eigenvalue weighted by molar-refractivity contribution is -0.122. The van der Waals surface area contributed by atoms with Crippen molar-refractivity contribution in [2.75, 3.05) is 11.9 Å². The Balaban J connectivity index is 1.61. The average molecular weight is 529 g/mol. The third-order valence-electron chi connectivity index (χ3n) is 6.42. The highest BCUT2D eigenvalue weighted by Gasteiger charge is 2.32. The van der Waals surface area contributed by atoms with Crippen LogP contribution in [0.25, 0.3) is 6.08 Å². The molecule has 1 aliphatic heterocycles. The minimum absolute atomic E-state index is 0.0629. The molecule has 0 saturated carbocycles. The number of nitrogens with zero attached hydrogens (tertiary/aromatic N) is 3. The molecule has 8 heteroatoms. The number of nitriles is 1. The van der Waals surface area contributed by atoms with Crippen LogP contribution in [0.15, 0.2) is 64.3 Å². The van der Waals surface area contributed by atoms with Gasteiger partial charge in [0.25, 0.3) is 11.5 Å². The highest BCUT2D eigenvalue weighted by molar-refractivity contribution is 8.26. The normalized spacial score (nSPS) is 14.3. The monoisotopic (exact) mass is 528 g/mol. The molecule has 6 nitrogen and oxygen atoms in total. The zero-order chi connectivity index (χ0) is 26.5. The Morgan fingerprint density at radius 1 is 1.05 bits per heavy atom. The van der Waals surface area contributed by atoms with Gasteiger partial charge in [0.2, 0.25) is 0 Å². The van der Waals surface area contributed by atoms with Crippen LogP contribution in [-0.2, 0) is 24.8 Å². The molecule has 1 fully saturated rings. The molecule has 188 valence electrons. The van der Waals surface area contributed by atoms with Crippen LogP contribution in [0.5, 0.6) is 0 Å². The summed E-state index contributed by atoms with van der Waals surface area (Å²) in [7, 11) is 1.63. The Morgan fingerprint density at radius 2 is 1.76 bits per heavy atom. The standard InChI is InChI=1S/C29H28N4O2S2/c1-19-11-13-22(14-12-19)18-31-26-23(20(2)24(17-30)27(34)32(26)3)16-25-28(35)33(29(36)37-25)15-7-10-21-8-5-4-6-9-21/h4-6,8-9,11-14,16,31H,7,10,15,18H2,1-3H3/b25-16-. The number of aryl methyl sites for hydroxylation is 2. The molecule has 1 amide bonds. The van der Waals surface area contributed by atoms with Crippen molar-refractivity contribution in [1.82, 2.24) is 9.47 Å². The van der Waals surface area contributed by atoms with Gasteiger partial charge in [-0.05, 0) is 49.5 Å². The zero-order valence-electron chi connectivity index (χ0n) is 21.1. The van der Waals surface area contributed by atoms with Crippen molar-refractivity contribution in [3.8, 4) is 6.07 Å². The fourth-order valence-corrected chi connectivity index (χ4v) is 5.54. The van der Waals surface area contributed by atoms with Crippen LogP contribution in [0.4, 0.5) is 5.82 Å². The highest BCUT2D eigenvalue weighted by Crippen LogP contribution is 2.35. The van der Waals surface area contributed by atoms with Crippen molar-refractivity contribution in [2.45, 2.75) is 33.2 Å². The third-order valence-corrected chi connectivity index (χ3v) is 7.80. The molecule has 2 aromatic carbocycles.